The molecule has 0 aliphatic heterocycles. The van der Waals surface area contributed by atoms with Crippen molar-refractivity contribution in [3.63, 3.8) is 0 Å². The zero-order valence-corrected chi connectivity index (χ0v) is 11.8. The van der Waals surface area contributed by atoms with Gasteiger partial charge in [0.25, 0.3) is 0 Å². The van der Waals surface area contributed by atoms with E-state index in [4.69, 9.17) is 4.98 Å². The molecule has 0 saturated heterocycles. The monoisotopic (exact) mass is 276 g/mol. The van der Waals surface area contributed by atoms with Crippen molar-refractivity contribution in [3.8, 4) is 10.6 Å². The highest BCUT2D eigenvalue weighted by Gasteiger charge is 2.06. The Kier molecular flexibility index (Phi) is 2.54. The minimum Gasteiger partial charge on any atom is -0.233 e. The summed E-state index contributed by atoms with van der Waals surface area (Å²) in [6.45, 7) is 1.99. The number of aromatic nitrogens is 2. The molecule has 0 fully saturated rings. The Morgan fingerprint density at radius 3 is 2.60 bits per heavy atom. The van der Waals surface area contributed by atoms with Crippen molar-refractivity contribution in [1.29, 1.82) is 0 Å². The molecule has 3 heteroatoms. The van der Waals surface area contributed by atoms with E-state index in [0.717, 1.165) is 22.4 Å². The molecule has 3 aromatic heterocycles. The van der Waals surface area contributed by atoms with Gasteiger partial charge in [-0.05, 0) is 48.7 Å². The van der Waals surface area contributed by atoms with Crippen molar-refractivity contribution < 1.29 is 0 Å². The molecule has 3 heterocycles. The van der Waals surface area contributed by atoms with Crippen LogP contribution in [0.4, 0.5) is 0 Å². The van der Waals surface area contributed by atoms with Gasteiger partial charge in [0.05, 0.1) is 10.6 Å². The first-order valence-electron chi connectivity index (χ1n) is 6.53. The molecule has 0 aliphatic carbocycles. The van der Waals surface area contributed by atoms with E-state index in [9.17, 15) is 0 Å². The Bertz CT molecular complexity index is 891. The van der Waals surface area contributed by atoms with Crippen molar-refractivity contribution in [3.05, 3.63) is 60.3 Å². The van der Waals surface area contributed by atoms with Gasteiger partial charge in [-0.25, -0.2) is 9.97 Å². The quantitative estimate of drug-likeness (QED) is 0.498. The summed E-state index contributed by atoms with van der Waals surface area (Å²) in [5.74, 6) is 0. The Morgan fingerprint density at radius 2 is 1.70 bits per heavy atom. The van der Waals surface area contributed by atoms with Crippen LogP contribution in [0.15, 0.2) is 54.6 Å². The fraction of sp³-hybridized carbons (Fsp3) is 0.0588. The van der Waals surface area contributed by atoms with Gasteiger partial charge in [-0.3, -0.25) is 0 Å². The molecule has 0 unspecified atom stereocenters. The number of nitrogens with zero attached hydrogens (tertiary/aromatic N) is 2. The summed E-state index contributed by atoms with van der Waals surface area (Å²) in [6, 6.07) is 18.9. The van der Waals surface area contributed by atoms with Gasteiger partial charge in [0.1, 0.15) is 0 Å². The van der Waals surface area contributed by atoms with Gasteiger partial charge in [-0.15, -0.1) is 11.3 Å². The molecule has 0 saturated carbocycles. The third-order valence-corrected chi connectivity index (χ3v) is 4.51. The van der Waals surface area contributed by atoms with Crippen molar-refractivity contribution in [2.45, 2.75) is 6.92 Å². The fourth-order valence-electron chi connectivity index (χ4n) is 2.34. The third-order valence-electron chi connectivity index (χ3n) is 3.37. The number of hydrogen-bond acceptors (Lipinski definition) is 3. The number of fused-ring (bicyclic) bond motifs is 2. The fourth-order valence-corrected chi connectivity index (χ4v) is 3.37. The average molecular weight is 276 g/mol. The van der Waals surface area contributed by atoms with Gasteiger partial charge in [-0.1, -0.05) is 18.2 Å². The second kappa shape index (κ2) is 4.39. The molecule has 0 aliphatic rings. The zero-order chi connectivity index (χ0) is 13.5. The third kappa shape index (κ3) is 1.87. The van der Waals surface area contributed by atoms with Crippen LogP contribution in [-0.4, -0.2) is 9.97 Å². The van der Waals surface area contributed by atoms with E-state index >= 15 is 0 Å². The molecule has 1 aromatic carbocycles. The lowest BCUT2D eigenvalue weighted by Gasteiger charge is -2.01. The number of thiophene rings is 1. The number of benzene rings is 1. The van der Waals surface area contributed by atoms with Gasteiger partial charge in [-0.2, -0.15) is 0 Å². The van der Waals surface area contributed by atoms with Crippen molar-refractivity contribution in [2.75, 3.05) is 0 Å². The molecule has 0 N–H and O–H groups in total. The molecule has 0 bridgehead atoms. The van der Waals surface area contributed by atoms with Crippen LogP contribution in [0, 0.1) is 6.92 Å². The number of hydrogen-bond donors (Lipinski definition) is 0. The standard InChI is InChI=1S/C17H12N2S/c1-11-6-7-12-8-9-14(19-17(12)18-11)16-10-13-4-2-3-5-15(13)20-16/h2-10H,1H3. The molecular formula is C17H12N2S. The molecule has 4 rings (SSSR count). The van der Waals surface area contributed by atoms with Crippen molar-refractivity contribution in [2.24, 2.45) is 0 Å². The Hall–Kier alpha value is -2.26. The highest BCUT2D eigenvalue weighted by atomic mass is 32.1. The maximum atomic E-state index is 4.70. The van der Waals surface area contributed by atoms with Crippen LogP contribution in [-0.2, 0) is 0 Å². The lowest BCUT2D eigenvalue weighted by Crippen LogP contribution is -1.88. The lowest BCUT2D eigenvalue weighted by molar-refractivity contribution is 1.21. The minimum atomic E-state index is 0.819. The average Bonchev–Trinajstić information content (AvgIpc) is 2.90. The van der Waals surface area contributed by atoms with Gasteiger partial charge in [0, 0.05) is 15.8 Å². The maximum Gasteiger partial charge on any atom is 0.160 e. The molecule has 0 amide bonds. The molecule has 96 valence electrons. The topological polar surface area (TPSA) is 25.8 Å². The zero-order valence-electron chi connectivity index (χ0n) is 11.0. The van der Waals surface area contributed by atoms with E-state index in [0.29, 0.717) is 0 Å². The largest absolute Gasteiger partial charge is 0.233 e. The van der Waals surface area contributed by atoms with E-state index in [1.165, 1.54) is 15.0 Å². The highest BCUT2D eigenvalue weighted by molar-refractivity contribution is 7.22. The van der Waals surface area contributed by atoms with Crippen molar-refractivity contribution >= 4 is 32.5 Å². The summed E-state index contributed by atoms with van der Waals surface area (Å²) in [6.07, 6.45) is 0. The first-order chi connectivity index (χ1) is 9.79. The predicted octanol–water partition coefficient (Wildman–Crippen LogP) is 4.82. The Balaban J connectivity index is 1.92. The van der Waals surface area contributed by atoms with Crippen LogP contribution >= 0.6 is 11.3 Å². The summed E-state index contributed by atoms with van der Waals surface area (Å²) in [4.78, 5) is 10.4. The van der Waals surface area contributed by atoms with Gasteiger partial charge < -0.3 is 0 Å². The predicted molar refractivity (Wildman–Crippen MR) is 85.1 cm³/mol. The summed E-state index contributed by atoms with van der Waals surface area (Å²) in [5.41, 5.74) is 2.82. The normalized spacial score (nSPS) is 11.2. The van der Waals surface area contributed by atoms with E-state index in [1.54, 1.807) is 11.3 Å². The van der Waals surface area contributed by atoms with E-state index in [1.807, 2.05) is 13.0 Å². The molecule has 0 radical (unpaired) electrons. The molecule has 0 atom stereocenters. The van der Waals surface area contributed by atoms with E-state index in [-0.39, 0.29) is 0 Å². The molecule has 0 spiro atoms. The van der Waals surface area contributed by atoms with E-state index < -0.39 is 0 Å². The summed E-state index contributed by atoms with van der Waals surface area (Å²) >= 11 is 1.77. The number of aryl methyl sites for hydroxylation is 1. The van der Waals surface area contributed by atoms with Crippen LogP contribution in [0.5, 0.6) is 0 Å². The summed E-state index contributed by atoms with van der Waals surface area (Å²) < 4.78 is 1.29. The Morgan fingerprint density at radius 1 is 0.850 bits per heavy atom. The summed E-state index contributed by atoms with van der Waals surface area (Å²) in [7, 11) is 0. The van der Waals surface area contributed by atoms with Crippen LogP contribution in [0.25, 0.3) is 31.7 Å². The maximum absolute atomic E-state index is 4.70. The first kappa shape index (κ1) is 11.6. The number of rotatable bonds is 1. The first-order valence-corrected chi connectivity index (χ1v) is 7.35. The summed E-state index contributed by atoms with van der Waals surface area (Å²) in [5, 5.41) is 2.35. The lowest BCUT2D eigenvalue weighted by atomic mass is 10.2. The highest BCUT2D eigenvalue weighted by Crippen LogP contribution is 2.32. The molecular weight excluding hydrogens is 264 g/mol. The smallest absolute Gasteiger partial charge is 0.160 e. The second-order valence-electron chi connectivity index (χ2n) is 4.84. The van der Waals surface area contributed by atoms with Gasteiger partial charge in [0.2, 0.25) is 0 Å². The molecule has 4 aromatic rings. The SMILES string of the molecule is Cc1ccc2ccc(-c3cc4ccccc4s3)nc2n1. The molecule has 2 nitrogen and oxygen atoms in total. The molecule has 20 heavy (non-hydrogen) atoms. The van der Waals surface area contributed by atoms with Crippen LogP contribution in [0.1, 0.15) is 5.69 Å². The van der Waals surface area contributed by atoms with E-state index in [2.05, 4.69) is 53.5 Å². The van der Waals surface area contributed by atoms with Crippen molar-refractivity contribution in [1.82, 2.24) is 9.97 Å². The Labute approximate surface area is 120 Å². The second-order valence-corrected chi connectivity index (χ2v) is 5.93. The van der Waals surface area contributed by atoms with Crippen LogP contribution in [0.3, 0.4) is 0 Å². The van der Waals surface area contributed by atoms with Crippen LogP contribution in [0.2, 0.25) is 0 Å². The number of pyridine rings is 2. The van der Waals surface area contributed by atoms with Crippen LogP contribution < -0.4 is 0 Å². The van der Waals surface area contributed by atoms with Gasteiger partial charge in [0.15, 0.2) is 5.65 Å². The van der Waals surface area contributed by atoms with Gasteiger partial charge >= 0.3 is 0 Å². The minimum absolute atomic E-state index is 0.819.